The topological polar surface area (TPSA) is 47.4 Å². The molecule has 0 bridgehead atoms. The van der Waals surface area contributed by atoms with Gasteiger partial charge in [0.25, 0.3) is 0 Å². The molecule has 2 heterocycles. The maximum Gasteiger partial charge on any atom is 0.225 e. The van der Waals surface area contributed by atoms with Crippen LogP contribution in [0.5, 0.6) is 0 Å². The monoisotopic (exact) mass is 281 g/mol. The Morgan fingerprint density at radius 1 is 1.45 bits per heavy atom. The molecule has 0 N–H and O–H groups in total. The van der Waals surface area contributed by atoms with Crippen molar-refractivity contribution >= 4 is 5.91 Å². The molecule has 1 amide bonds. The van der Waals surface area contributed by atoms with Gasteiger partial charge in [-0.1, -0.05) is 0 Å². The third-order valence-corrected chi connectivity index (χ3v) is 3.88. The first-order valence-corrected chi connectivity index (χ1v) is 7.22. The zero-order chi connectivity index (χ0) is 13.9. The van der Waals surface area contributed by atoms with E-state index in [4.69, 9.17) is 4.74 Å². The van der Waals surface area contributed by atoms with E-state index in [0.29, 0.717) is 25.6 Å². The standard InChI is InChI=1S/C14H20FN3O2/c15-5-3-14(19)17-7-12-4-6-16-18(12)9-13(8-17)20-10-11-1-2-11/h4,6,11,13H,1-3,5,7-10H2/t13-/m1/s1. The average molecular weight is 281 g/mol. The minimum absolute atomic E-state index is 0.0521. The minimum atomic E-state index is -0.609. The van der Waals surface area contributed by atoms with Gasteiger partial charge in [0.05, 0.1) is 38.0 Å². The summed E-state index contributed by atoms with van der Waals surface area (Å²) in [5.41, 5.74) is 0.981. The van der Waals surface area contributed by atoms with Crippen molar-refractivity contribution in [3.05, 3.63) is 18.0 Å². The van der Waals surface area contributed by atoms with E-state index in [1.54, 1.807) is 11.1 Å². The van der Waals surface area contributed by atoms with Gasteiger partial charge in [-0.25, -0.2) is 0 Å². The fourth-order valence-corrected chi connectivity index (χ4v) is 2.51. The number of carbonyl (C=O) groups excluding carboxylic acids is 1. The molecule has 0 unspecified atom stereocenters. The molecule has 20 heavy (non-hydrogen) atoms. The first-order chi connectivity index (χ1) is 9.76. The normalized spacial score (nSPS) is 22.4. The maximum absolute atomic E-state index is 12.4. The summed E-state index contributed by atoms with van der Waals surface area (Å²) in [5, 5.41) is 4.27. The number of carbonyl (C=O) groups is 1. The minimum Gasteiger partial charge on any atom is -0.374 e. The van der Waals surface area contributed by atoms with Gasteiger partial charge in [0.1, 0.15) is 0 Å². The number of halogens is 1. The molecule has 2 aliphatic rings. The fraction of sp³-hybridized carbons (Fsp3) is 0.714. The van der Waals surface area contributed by atoms with Gasteiger partial charge < -0.3 is 9.64 Å². The van der Waals surface area contributed by atoms with Gasteiger partial charge in [0.15, 0.2) is 0 Å². The van der Waals surface area contributed by atoms with E-state index in [2.05, 4.69) is 5.10 Å². The highest BCUT2D eigenvalue weighted by molar-refractivity contribution is 5.76. The lowest BCUT2D eigenvalue weighted by molar-refractivity contribution is -0.134. The Bertz CT molecular complexity index is 473. The molecule has 1 aliphatic carbocycles. The number of alkyl halides is 1. The van der Waals surface area contributed by atoms with Crippen LogP contribution in [0.2, 0.25) is 0 Å². The van der Waals surface area contributed by atoms with Crippen molar-refractivity contribution in [1.29, 1.82) is 0 Å². The molecule has 1 fully saturated rings. The molecule has 0 saturated heterocycles. The summed E-state index contributed by atoms with van der Waals surface area (Å²) in [6.45, 7) is 1.82. The van der Waals surface area contributed by atoms with Crippen LogP contribution in [0.4, 0.5) is 4.39 Å². The lowest BCUT2D eigenvalue weighted by Gasteiger charge is -2.24. The van der Waals surface area contributed by atoms with E-state index in [-0.39, 0.29) is 18.4 Å². The Balaban J connectivity index is 1.69. The smallest absolute Gasteiger partial charge is 0.225 e. The van der Waals surface area contributed by atoms with Crippen molar-refractivity contribution < 1.29 is 13.9 Å². The molecule has 0 aromatic carbocycles. The van der Waals surface area contributed by atoms with Gasteiger partial charge in [0, 0.05) is 19.3 Å². The van der Waals surface area contributed by atoms with E-state index in [1.807, 2.05) is 10.7 Å². The Morgan fingerprint density at radius 2 is 2.30 bits per heavy atom. The van der Waals surface area contributed by atoms with E-state index in [1.165, 1.54) is 12.8 Å². The Labute approximate surface area is 117 Å². The van der Waals surface area contributed by atoms with Crippen molar-refractivity contribution in [2.45, 2.75) is 38.5 Å². The van der Waals surface area contributed by atoms with E-state index >= 15 is 0 Å². The van der Waals surface area contributed by atoms with Crippen LogP contribution in [-0.4, -0.2) is 46.5 Å². The summed E-state index contributed by atoms with van der Waals surface area (Å²) in [4.78, 5) is 13.7. The number of hydrogen-bond acceptors (Lipinski definition) is 3. The summed E-state index contributed by atoms with van der Waals surface area (Å²) in [5.74, 6) is 0.535. The predicted molar refractivity (Wildman–Crippen MR) is 70.7 cm³/mol. The number of rotatable bonds is 5. The zero-order valence-corrected chi connectivity index (χ0v) is 11.5. The molecular weight excluding hydrogens is 261 g/mol. The fourth-order valence-electron chi connectivity index (χ4n) is 2.51. The number of ether oxygens (including phenoxy) is 1. The van der Waals surface area contributed by atoms with Crippen molar-refractivity contribution in [2.75, 3.05) is 19.8 Å². The largest absolute Gasteiger partial charge is 0.374 e. The highest BCUT2D eigenvalue weighted by Crippen LogP contribution is 2.29. The summed E-state index contributed by atoms with van der Waals surface area (Å²) < 4.78 is 20.2. The van der Waals surface area contributed by atoms with Crippen molar-refractivity contribution in [2.24, 2.45) is 5.92 Å². The predicted octanol–water partition coefficient (Wildman–Crippen LogP) is 1.38. The second kappa shape index (κ2) is 5.91. The lowest BCUT2D eigenvalue weighted by Crippen LogP contribution is -2.37. The molecule has 3 rings (SSSR count). The molecule has 1 saturated carbocycles. The molecule has 0 spiro atoms. The summed E-state index contributed by atoms with van der Waals surface area (Å²) in [6.07, 6.45) is 4.11. The SMILES string of the molecule is O=C(CCF)N1Cc2ccnn2C[C@H](OCC2CC2)C1. The third kappa shape index (κ3) is 3.17. The first-order valence-electron chi connectivity index (χ1n) is 7.22. The summed E-state index contributed by atoms with van der Waals surface area (Å²) >= 11 is 0. The number of hydrogen-bond donors (Lipinski definition) is 0. The van der Waals surface area contributed by atoms with Gasteiger partial charge in [-0.3, -0.25) is 13.9 Å². The zero-order valence-electron chi connectivity index (χ0n) is 11.5. The van der Waals surface area contributed by atoms with E-state index in [9.17, 15) is 9.18 Å². The van der Waals surface area contributed by atoms with E-state index in [0.717, 1.165) is 12.3 Å². The quantitative estimate of drug-likeness (QED) is 0.819. The first kappa shape index (κ1) is 13.5. The number of nitrogens with zero attached hydrogens (tertiary/aromatic N) is 3. The number of aromatic nitrogens is 2. The van der Waals surface area contributed by atoms with Crippen LogP contribution in [-0.2, 0) is 22.6 Å². The molecule has 1 aromatic heterocycles. The second-order valence-electron chi connectivity index (χ2n) is 5.62. The lowest BCUT2D eigenvalue weighted by atomic mass is 10.3. The van der Waals surface area contributed by atoms with Gasteiger partial charge in [-0.15, -0.1) is 0 Å². The molecule has 6 heteroatoms. The van der Waals surface area contributed by atoms with Crippen LogP contribution < -0.4 is 0 Å². The highest BCUT2D eigenvalue weighted by atomic mass is 19.1. The van der Waals surface area contributed by atoms with Crippen LogP contribution in [0, 0.1) is 5.92 Å². The van der Waals surface area contributed by atoms with Gasteiger partial charge in [0.2, 0.25) is 5.91 Å². The van der Waals surface area contributed by atoms with Crippen LogP contribution in [0.3, 0.4) is 0 Å². The van der Waals surface area contributed by atoms with Crippen LogP contribution in [0.15, 0.2) is 12.3 Å². The number of fused-ring (bicyclic) bond motifs is 1. The van der Waals surface area contributed by atoms with Gasteiger partial charge in [-0.05, 0) is 24.8 Å². The third-order valence-electron chi connectivity index (χ3n) is 3.88. The molecule has 0 radical (unpaired) electrons. The van der Waals surface area contributed by atoms with Gasteiger partial charge in [-0.2, -0.15) is 5.10 Å². The van der Waals surface area contributed by atoms with Crippen molar-refractivity contribution in [3.63, 3.8) is 0 Å². The molecule has 110 valence electrons. The molecule has 1 aromatic rings. The second-order valence-corrected chi connectivity index (χ2v) is 5.62. The van der Waals surface area contributed by atoms with Crippen molar-refractivity contribution in [3.8, 4) is 0 Å². The van der Waals surface area contributed by atoms with Crippen molar-refractivity contribution in [1.82, 2.24) is 14.7 Å². The summed E-state index contributed by atoms with van der Waals surface area (Å²) in [6, 6.07) is 1.90. The van der Waals surface area contributed by atoms with Crippen LogP contribution >= 0.6 is 0 Å². The molecule has 1 aliphatic heterocycles. The molecule has 1 atom stereocenters. The average Bonchev–Trinajstić information content (AvgIpc) is 3.20. The molecular formula is C14H20FN3O2. The summed E-state index contributed by atoms with van der Waals surface area (Å²) in [7, 11) is 0. The van der Waals surface area contributed by atoms with Crippen LogP contribution in [0.1, 0.15) is 25.0 Å². The highest BCUT2D eigenvalue weighted by Gasteiger charge is 2.28. The number of amides is 1. The maximum atomic E-state index is 12.4. The Hall–Kier alpha value is -1.43. The van der Waals surface area contributed by atoms with Crippen LogP contribution in [0.25, 0.3) is 0 Å². The Kier molecular flexibility index (Phi) is 4.00. The Morgan fingerprint density at radius 3 is 3.05 bits per heavy atom. The van der Waals surface area contributed by atoms with Gasteiger partial charge >= 0.3 is 0 Å². The molecule has 5 nitrogen and oxygen atoms in total. The van der Waals surface area contributed by atoms with E-state index < -0.39 is 6.67 Å².